The first-order valence-electron chi connectivity index (χ1n) is 6.43. The lowest BCUT2D eigenvalue weighted by Gasteiger charge is -2.42. The van der Waals surface area contributed by atoms with Crippen LogP contribution in [-0.2, 0) is 14.3 Å². The number of carbonyl (C=O) groups excluding carboxylic acids is 1. The molecule has 6 unspecified atom stereocenters. The Hall–Kier alpha value is -0.770. The predicted octanol–water partition coefficient (Wildman–Crippen LogP) is -2.65. The molecule has 118 valence electrons. The average molecular weight is 293 g/mol. The maximum Gasteiger partial charge on any atom is 0.323 e. The molecule has 8 nitrogen and oxygen atoms in total. The van der Waals surface area contributed by atoms with Crippen molar-refractivity contribution in [3.63, 3.8) is 0 Å². The molecule has 0 aromatic heterocycles. The third-order valence-electron chi connectivity index (χ3n) is 3.56. The van der Waals surface area contributed by atoms with Gasteiger partial charge in [-0.25, -0.2) is 0 Å². The summed E-state index contributed by atoms with van der Waals surface area (Å²) in [4.78, 5) is 11.8. The number of carbonyl (C=O) groups is 1. The van der Waals surface area contributed by atoms with Gasteiger partial charge in [-0.05, 0) is 5.92 Å². The van der Waals surface area contributed by atoms with Crippen LogP contribution < -0.4 is 5.73 Å². The molecule has 0 heterocycles. The Kier molecular flexibility index (Phi) is 5.87. The molecule has 20 heavy (non-hydrogen) atoms. The van der Waals surface area contributed by atoms with Gasteiger partial charge in [0, 0.05) is 7.11 Å². The van der Waals surface area contributed by atoms with E-state index < -0.39 is 48.6 Å². The monoisotopic (exact) mass is 293 g/mol. The molecular formula is C12H23NO7. The Morgan fingerprint density at radius 3 is 1.85 bits per heavy atom. The van der Waals surface area contributed by atoms with E-state index in [9.17, 15) is 25.2 Å². The fourth-order valence-electron chi connectivity index (χ4n) is 2.08. The Balaban J connectivity index is 2.87. The van der Waals surface area contributed by atoms with E-state index in [1.54, 1.807) is 13.8 Å². The summed E-state index contributed by atoms with van der Waals surface area (Å²) >= 11 is 0. The molecule has 1 rings (SSSR count). The predicted molar refractivity (Wildman–Crippen MR) is 67.5 cm³/mol. The van der Waals surface area contributed by atoms with Gasteiger partial charge in [-0.3, -0.25) is 4.79 Å². The van der Waals surface area contributed by atoms with Crippen molar-refractivity contribution in [1.82, 2.24) is 0 Å². The molecule has 0 radical (unpaired) electrons. The molecule has 0 spiro atoms. The van der Waals surface area contributed by atoms with E-state index in [2.05, 4.69) is 0 Å². The summed E-state index contributed by atoms with van der Waals surface area (Å²) in [5.41, 5.74) is 5.63. The van der Waals surface area contributed by atoms with Crippen LogP contribution in [0.1, 0.15) is 13.8 Å². The van der Waals surface area contributed by atoms with E-state index in [-0.39, 0.29) is 5.92 Å². The summed E-state index contributed by atoms with van der Waals surface area (Å²) < 4.78 is 10.00. The highest BCUT2D eigenvalue weighted by atomic mass is 16.6. The zero-order chi connectivity index (χ0) is 15.6. The van der Waals surface area contributed by atoms with E-state index >= 15 is 0 Å². The molecule has 0 bridgehead atoms. The molecule has 0 aliphatic heterocycles. The first-order chi connectivity index (χ1) is 9.22. The summed E-state index contributed by atoms with van der Waals surface area (Å²) in [5, 5.41) is 38.9. The van der Waals surface area contributed by atoms with E-state index in [1.165, 1.54) is 7.11 Å². The van der Waals surface area contributed by atoms with Gasteiger partial charge in [-0.1, -0.05) is 13.8 Å². The zero-order valence-electron chi connectivity index (χ0n) is 11.7. The van der Waals surface area contributed by atoms with Crippen LogP contribution in [0.3, 0.4) is 0 Å². The number of aliphatic hydroxyl groups excluding tert-OH is 4. The van der Waals surface area contributed by atoms with Gasteiger partial charge in [0.25, 0.3) is 0 Å². The molecule has 7 atom stereocenters. The second-order valence-electron chi connectivity index (χ2n) is 5.33. The lowest BCUT2D eigenvalue weighted by atomic mass is 9.84. The maximum atomic E-state index is 11.8. The molecule has 0 amide bonds. The Bertz CT molecular complexity index is 338. The van der Waals surface area contributed by atoms with Gasteiger partial charge in [-0.2, -0.15) is 0 Å². The fourth-order valence-corrected chi connectivity index (χ4v) is 2.08. The summed E-state index contributed by atoms with van der Waals surface area (Å²) in [5.74, 6) is -0.952. The van der Waals surface area contributed by atoms with Gasteiger partial charge in [0.05, 0.1) is 0 Å². The van der Waals surface area contributed by atoms with Crippen LogP contribution in [-0.4, -0.2) is 76.2 Å². The normalized spacial score (nSPS) is 39.6. The van der Waals surface area contributed by atoms with Gasteiger partial charge in [0.15, 0.2) is 6.10 Å². The smallest absolute Gasteiger partial charge is 0.323 e. The minimum atomic E-state index is -1.65. The molecule has 1 fully saturated rings. The number of hydrogen-bond donors (Lipinski definition) is 5. The van der Waals surface area contributed by atoms with Crippen molar-refractivity contribution < 1.29 is 34.7 Å². The van der Waals surface area contributed by atoms with Gasteiger partial charge in [0.1, 0.15) is 36.6 Å². The van der Waals surface area contributed by atoms with Crippen molar-refractivity contribution in [2.24, 2.45) is 11.7 Å². The van der Waals surface area contributed by atoms with Gasteiger partial charge >= 0.3 is 5.97 Å². The minimum Gasteiger partial charge on any atom is -0.455 e. The first kappa shape index (κ1) is 17.3. The second kappa shape index (κ2) is 6.79. The van der Waals surface area contributed by atoms with Crippen molar-refractivity contribution in [1.29, 1.82) is 0 Å². The minimum absolute atomic E-state index is 0.176. The van der Waals surface area contributed by atoms with Crippen LogP contribution in [0.5, 0.6) is 0 Å². The number of esters is 1. The SMILES string of the molecule is COC1C(O)C(O)C(O)C(O)C1OC(=O)[C@@H](N)C(C)C. The molecule has 0 aromatic carbocycles. The number of hydrogen-bond acceptors (Lipinski definition) is 8. The standard InChI is InChI=1S/C12H23NO7/c1-4(2)5(13)12(18)20-11-9(17)7(15)6(14)8(16)10(11)19-3/h4-11,14-17H,13H2,1-3H3/t5-,6?,7?,8?,9?,10?,11?/m0/s1. The van der Waals surface area contributed by atoms with Gasteiger partial charge in [0.2, 0.25) is 0 Å². The summed E-state index contributed by atoms with van der Waals surface area (Å²) in [6, 6.07) is -0.902. The van der Waals surface area contributed by atoms with Crippen molar-refractivity contribution in [3.8, 4) is 0 Å². The van der Waals surface area contributed by atoms with E-state index in [1.807, 2.05) is 0 Å². The number of nitrogens with two attached hydrogens (primary N) is 1. The van der Waals surface area contributed by atoms with Crippen LogP contribution >= 0.6 is 0 Å². The maximum absolute atomic E-state index is 11.8. The van der Waals surface area contributed by atoms with Crippen molar-refractivity contribution in [3.05, 3.63) is 0 Å². The molecule has 0 aromatic rings. The number of methoxy groups -OCH3 is 1. The van der Waals surface area contributed by atoms with E-state index in [0.717, 1.165) is 0 Å². The lowest BCUT2D eigenvalue weighted by Crippen LogP contribution is -2.65. The molecule has 1 aliphatic carbocycles. The van der Waals surface area contributed by atoms with Crippen LogP contribution in [0.25, 0.3) is 0 Å². The highest BCUT2D eigenvalue weighted by Gasteiger charge is 2.51. The molecule has 8 heteroatoms. The van der Waals surface area contributed by atoms with Crippen molar-refractivity contribution in [2.75, 3.05) is 7.11 Å². The zero-order valence-corrected chi connectivity index (χ0v) is 11.7. The van der Waals surface area contributed by atoms with Crippen molar-refractivity contribution in [2.45, 2.75) is 56.5 Å². The summed E-state index contributed by atoms with van der Waals surface area (Å²) in [6.07, 6.45) is -8.79. The summed E-state index contributed by atoms with van der Waals surface area (Å²) in [6.45, 7) is 3.45. The lowest BCUT2D eigenvalue weighted by molar-refractivity contribution is -0.239. The Labute approximate surface area is 117 Å². The number of rotatable bonds is 4. The first-order valence-corrected chi connectivity index (χ1v) is 6.43. The third kappa shape index (κ3) is 3.27. The number of ether oxygens (including phenoxy) is 2. The average Bonchev–Trinajstić information content (AvgIpc) is 2.41. The topological polar surface area (TPSA) is 142 Å². The highest BCUT2D eigenvalue weighted by molar-refractivity contribution is 5.76. The molecule has 6 N–H and O–H groups in total. The van der Waals surface area contributed by atoms with E-state index in [0.29, 0.717) is 0 Å². The van der Waals surface area contributed by atoms with Gasteiger partial charge in [-0.15, -0.1) is 0 Å². The Morgan fingerprint density at radius 2 is 1.45 bits per heavy atom. The van der Waals surface area contributed by atoms with Crippen LogP contribution in [0.4, 0.5) is 0 Å². The van der Waals surface area contributed by atoms with Gasteiger partial charge < -0.3 is 35.6 Å². The number of aliphatic hydroxyl groups is 4. The quantitative estimate of drug-likeness (QED) is 0.354. The molecule has 1 aliphatic rings. The van der Waals surface area contributed by atoms with Crippen molar-refractivity contribution >= 4 is 5.97 Å². The highest BCUT2D eigenvalue weighted by Crippen LogP contribution is 2.26. The molecule has 1 saturated carbocycles. The molecule has 0 saturated heterocycles. The van der Waals surface area contributed by atoms with Crippen LogP contribution in [0.15, 0.2) is 0 Å². The van der Waals surface area contributed by atoms with Crippen LogP contribution in [0, 0.1) is 5.92 Å². The fraction of sp³-hybridized carbons (Fsp3) is 0.917. The van der Waals surface area contributed by atoms with E-state index in [4.69, 9.17) is 15.2 Å². The van der Waals surface area contributed by atoms with Crippen LogP contribution in [0.2, 0.25) is 0 Å². The third-order valence-corrected chi connectivity index (χ3v) is 3.56. The summed E-state index contributed by atoms with van der Waals surface area (Å²) in [7, 11) is 1.23. The second-order valence-corrected chi connectivity index (χ2v) is 5.33. The molecular weight excluding hydrogens is 270 g/mol. The largest absolute Gasteiger partial charge is 0.455 e. The Morgan fingerprint density at radius 1 is 1.00 bits per heavy atom.